The van der Waals surface area contributed by atoms with Crippen LogP contribution < -0.4 is 11.1 Å². The molecule has 0 unspecified atom stereocenters. The molecule has 0 aliphatic carbocycles. The molecule has 7 nitrogen and oxygen atoms in total. The van der Waals surface area contributed by atoms with Crippen molar-refractivity contribution in [2.45, 2.75) is 12.3 Å². The molecule has 0 saturated carbocycles. The Bertz CT molecular complexity index is 773. The van der Waals surface area contributed by atoms with Gasteiger partial charge in [-0.05, 0) is 11.1 Å². The molecule has 22 heavy (non-hydrogen) atoms. The number of carbonyl (C=O) groups excluding carboxylic acids is 1. The first-order chi connectivity index (χ1) is 10.3. The predicted octanol–water partition coefficient (Wildman–Crippen LogP) is 0.533. The van der Waals surface area contributed by atoms with Crippen LogP contribution in [0.1, 0.15) is 21.6 Å². The fraction of sp³-hybridized carbons (Fsp3) is 0.214. The van der Waals surface area contributed by atoms with Gasteiger partial charge in [0, 0.05) is 25.2 Å². The Hall–Kier alpha value is -2.48. The third kappa shape index (κ3) is 4.52. The van der Waals surface area contributed by atoms with Crippen LogP contribution in [-0.2, 0) is 22.1 Å². The zero-order valence-electron chi connectivity index (χ0n) is 12.0. The number of amides is 1. The van der Waals surface area contributed by atoms with Gasteiger partial charge in [-0.3, -0.25) is 4.79 Å². The first-order valence-electron chi connectivity index (χ1n) is 6.45. The first kappa shape index (κ1) is 15.9. The third-order valence-corrected chi connectivity index (χ3v) is 3.70. The summed E-state index contributed by atoms with van der Waals surface area (Å²) in [5, 5.41) is 2.68. The van der Waals surface area contributed by atoms with E-state index in [-0.39, 0.29) is 23.8 Å². The van der Waals surface area contributed by atoms with Gasteiger partial charge in [-0.2, -0.15) is 0 Å². The van der Waals surface area contributed by atoms with Crippen LogP contribution in [0, 0.1) is 0 Å². The van der Waals surface area contributed by atoms with Crippen LogP contribution in [0.2, 0.25) is 0 Å². The Morgan fingerprint density at radius 2 is 1.73 bits per heavy atom. The molecule has 0 aliphatic rings. The quantitative estimate of drug-likeness (QED) is 0.830. The van der Waals surface area contributed by atoms with Gasteiger partial charge in [-0.15, -0.1) is 0 Å². The number of sulfone groups is 1. The van der Waals surface area contributed by atoms with Crippen LogP contribution in [0.5, 0.6) is 0 Å². The molecule has 0 atom stereocenters. The highest BCUT2D eigenvalue weighted by molar-refractivity contribution is 7.89. The van der Waals surface area contributed by atoms with Gasteiger partial charge in [0.2, 0.25) is 0 Å². The van der Waals surface area contributed by atoms with Gasteiger partial charge in [0.1, 0.15) is 0 Å². The van der Waals surface area contributed by atoms with Gasteiger partial charge in [0.15, 0.2) is 21.3 Å². The minimum absolute atomic E-state index is 0.00419. The topological polar surface area (TPSA) is 115 Å². The molecule has 1 amide bonds. The zero-order valence-corrected chi connectivity index (χ0v) is 12.8. The van der Waals surface area contributed by atoms with Crippen molar-refractivity contribution in [3.05, 3.63) is 53.5 Å². The SMILES string of the molecule is CS(=O)(=O)Cc1ccc(CNC(=O)c2nccnc2N)cc1. The number of nitrogen functional groups attached to an aromatic ring is 1. The zero-order chi connectivity index (χ0) is 16.2. The van der Waals surface area contributed by atoms with E-state index < -0.39 is 15.7 Å². The van der Waals surface area contributed by atoms with Crippen molar-refractivity contribution in [1.82, 2.24) is 15.3 Å². The molecule has 3 N–H and O–H groups in total. The second-order valence-corrected chi connectivity index (χ2v) is 7.00. The van der Waals surface area contributed by atoms with Gasteiger partial charge < -0.3 is 11.1 Å². The Kier molecular flexibility index (Phi) is 4.71. The average molecular weight is 320 g/mol. The molecule has 0 radical (unpaired) electrons. The monoisotopic (exact) mass is 320 g/mol. The van der Waals surface area contributed by atoms with Gasteiger partial charge in [0.05, 0.1) is 5.75 Å². The highest BCUT2D eigenvalue weighted by Crippen LogP contribution is 2.08. The maximum absolute atomic E-state index is 11.9. The predicted molar refractivity (Wildman–Crippen MR) is 82.6 cm³/mol. The minimum Gasteiger partial charge on any atom is -0.382 e. The van der Waals surface area contributed by atoms with Crippen LogP contribution in [0.4, 0.5) is 5.82 Å². The van der Waals surface area contributed by atoms with E-state index in [2.05, 4.69) is 15.3 Å². The second-order valence-electron chi connectivity index (χ2n) is 4.86. The molecule has 0 aliphatic heterocycles. The lowest BCUT2D eigenvalue weighted by molar-refractivity contribution is 0.0946. The number of nitrogens with one attached hydrogen (secondary N) is 1. The fourth-order valence-corrected chi connectivity index (χ4v) is 2.64. The highest BCUT2D eigenvalue weighted by Gasteiger charge is 2.11. The van der Waals surface area contributed by atoms with Gasteiger partial charge in [0.25, 0.3) is 5.91 Å². The molecule has 2 rings (SSSR count). The first-order valence-corrected chi connectivity index (χ1v) is 8.51. The van der Waals surface area contributed by atoms with Crippen molar-refractivity contribution < 1.29 is 13.2 Å². The summed E-state index contributed by atoms with van der Waals surface area (Å²) in [6, 6.07) is 6.97. The van der Waals surface area contributed by atoms with Crippen molar-refractivity contribution in [2.24, 2.45) is 0 Å². The number of aromatic nitrogens is 2. The van der Waals surface area contributed by atoms with Crippen LogP contribution in [-0.4, -0.2) is 30.5 Å². The summed E-state index contributed by atoms with van der Waals surface area (Å²) in [4.78, 5) is 19.6. The van der Waals surface area contributed by atoms with Crippen molar-refractivity contribution in [3.8, 4) is 0 Å². The number of nitrogens with zero attached hydrogens (tertiary/aromatic N) is 2. The van der Waals surface area contributed by atoms with E-state index in [1.165, 1.54) is 18.6 Å². The molecule has 8 heteroatoms. The average Bonchev–Trinajstić information content (AvgIpc) is 2.45. The fourth-order valence-electron chi connectivity index (χ4n) is 1.85. The van der Waals surface area contributed by atoms with Gasteiger partial charge in [-0.1, -0.05) is 24.3 Å². The summed E-state index contributed by atoms with van der Waals surface area (Å²) in [6.07, 6.45) is 3.99. The largest absolute Gasteiger partial charge is 0.382 e. The molecule has 1 aromatic carbocycles. The minimum atomic E-state index is -3.06. The second kappa shape index (κ2) is 6.52. The molecule has 2 aromatic rings. The molecule has 1 aromatic heterocycles. The van der Waals surface area contributed by atoms with Gasteiger partial charge >= 0.3 is 0 Å². The molecule has 0 fully saturated rings. The van der Waals surface area contributed by atoms with E-state index in [1.54, 1.807) is 24.3 Å². The van der Waals surface area contributed by atoms with E-state index in [0.29, 0.717) is 5.56 Å². The smallest absolute Gasteiger partial charge is 0.273 e. The Labute approximate surface area is 128 Å². The number of rotatable bonds is 5. The number of carbonyl (C=O) groups is 1. The summed E-state index contributed by atoms with van der Waals surface area (Å²) in [7, 11) is -3.06. The molecule has 0 spiro atoms. The molecular weight excluding hydrogens is 304 g/mol. The lowest BCUT2D eigenvalue weighted by Gasteiger charge is -2.07. The maximum Gasteiger partial charge on any atom is 0.273 e. The summed E-state index contributed by atoms with van der Waals surface area (Å²) < 4.78 is 22.4. The normalized spacial score (nSPS) is 11.1. The van der Waals surface area contributed by atoms with Crippen molar-refractivity contribution in [3.63, 3.8) is 0 Å². The number of benzene rings is 1. The molecule has 1 heterocycles. The van der Waals surface area contributed by atoms with E-state index in [1.807, 2.05) is 0 Å². The highest BCUT2D eigenvalue weighted by atomic mass is 32.2. The van der Waals surface area contributed by atoms with Crippen LogP contribution in [0.25, 0.3) is 0 Å². The van der Waals surface area contributed by atoms with Crippen molar-refractivity contribution in [1.29, 1.82) is 0 Å². The summed E-state index contributed by atoms with van der Waals surface area (Å²) in [6.45, 7) is 0.286. The van der Waals surface area contributed by atoms with E-state index in [9.17, 15) is 13.2 Å². The molecule has 0 bridgehead atoms. The Balaban J connectivity index is 1.97. The van der Waals surface area contributed by atoms with Crippen LogP contribution >= 0.6 is 0 Å². The molecular formula is C14H16N4O3S. The Morgan fingerprint density at radius 1 is 1.14 bits per heavy atom. The lowest BCUT2D eigenvalue weighted by atomic mass is 10.1. The van der Waals surface area contributed by atoms with E-state index >= 15 is 0 Å². The third-order valence-electron chi connectivity index (χ3n) is 2.85. The Morgan fingerprint density at radius 3 is 2.32 bits per heavy atom. The number of hydrogen-bond acceptors (Lipinski definition) is 6. The molecule has 0 saturated heterocycles. The lowest BCUT2D eigenvalue weighted by Crippen LogP contribution is -2.25. The maximum atomic E-state index is 11.9. The summed E-state index contributed by atoms with van der Waals surface area (Å²) in [5.41, 5.74) is 7.20. The number of hydrogen-bond donors (Lipinski definition) is 2. The summed E-state index contributed by atoms with van der Waals surface area (Å²) in [5.74, 6) is -0.343. The standard InChI is InChI=1S/C14H16N4O3S/c1-22(20,21)9-11-4-2-10(3-5-11)8-18-14(19)12-13(15)17-7-6-16-12/h2-7H,8-9H2,1H3,(H2,15,17)(H,18,19). The van der Waals surface area contributed by atoms with Gasteiger partial charge in [-0.25, -0.2) is 18.4 Å². The van der Waals surface area contributed by atoms with Crippen LogP contribution in [0.3, 0.4) is 0 Å². The summed E-state index contributed by atoms with van der Waals surface area (Å²) >= 11 is 0. The van der Waals surface area contributed by atoms with Crippen LogP contribution in [0.15, 0.2) is 36.7 Å². The van der Waals surface area contributed by atoms with E-state index in [0.717, 1.165) is 5.56 Å². The van der Waals surface area contributed by atoms with E-state index in [4.69, 9.17) is 5.73 Å². The number of anilines is 1. The number of nitrogens with two attached hydrogens (primary N) is 1. The van der Waals surface area contributed by atoms with Crippen molar-refractivity contribution in [2.75, 3.05) is 12.0 Å². The molecule has 116 valence electrons. The van der Waals surface area contributed by atoms with Crippen molar-refractivity contribution >= 4 is 21.6 Å².